The summed E-state index contributed by atoms with van der Waals surface area (Å²) in [5.41, 5.74) is 3.69. The molecule has 19 heavy (non-hydrogen) atoms. The number of hydrogen-bond acceptors (Lipinski definition) is 4. The minimum Gasteiger partial charge on any atom is -0.444 e. The molecule has 0 saturated carbocycles. The highest BCUT2D eigenvalue weighted by atomic mass is 16.6. The van der Waals surface area contributed by atoms with Gasteiger partial charge in [-0.15, -0.1) is 0 Å². The molecule has 0 aliphatic carbocycles. The number of nitrogens with one attached hydrogen (secondary N) is 1. The van der Waals surface area contributed by atoms with E-state index in [-0.39, 0.29) is 13.2 Å². The number of rotatable bonds is 4. The molecule has 0 bridgehead atoms. The van der Waals surface area contributed by atoms with Crippen LogP contribution >= 0.6 is 0 Å². The van der Waals surface area contributed by atoms with Gasteiger partial charge in [0.25, 0.3) is 0 Å². The first-order valence-corrected chi connectivity index (χ1v) is 6.61. The molecule has 1 amide bonds. The number of ether oxygens (including phenoxy) is 1. The van der Waals surface area contributed by atoms with Crippen molar-refractivity contribution in [3.8, 4) is 0 Å². The third kappa shape index (κ3) is 4.54. The highest BCUT2D eigenvalue weighted by molar-refractivity contribution is 5.66. The Morgan fingerprint density at radius 1 is 1.32 bits per heavy atom. The van der Waals surface area contributed by atoms with Gasteiger partial charge < -0.3 is 9.84 Å². The molecule has 0 spiro atoms. The van der Waals surface area contributed by atoms with E-state index in [4.69, 9.17) is 9.84 Å². The van der Waals surface area contributed by atoms with Crippen molar-refractivity contribution >= 4 is 6.09 Å². The monoisotopic (exact) mass is 264 g/mol. The van der Waals surface area contributed by atoms with Gasteiger partial charge >= 0.3 is 6.09 Å². The van der Waals surface area contributed by atoms with Crippen LogP contribution in [0.15, 0.2) is 30.3 Å². The second-order valence-corrected chi connectivity index (χ2v) is 4.79. The lowest BCUT2D eigenvalue weighted by Crippen LogP contribution is -2.47. The number of benzene rings is 1. The van der Waals surface area contributed by atoms with Gasteiger partial charge in [0.2, 0.25) is 0 Å². The molecule has 1 aromatic rings. The number of piperidine rings is 1. The Kier molecular flexibility index (Phi) is 5.18. The van der Waals surface area contributed by atoms with Gasteiger partial charge in [-0.2, -0.15) is 0 Å². The van der Waals surface area contributed by atoms with Gasteiger partial charge in [0, 0.05) is 19.7 Å². The molecule has 0 radical (unpaired) electrons. The molecule has 1 heterocycles. The maximum atomic E-state index is 11.6. The van der Waals surface area contributed by atoms with Gasteiger partial charge in [-0.25, -0.2) is 9.80 Å². The Hall–Kier alpha value is -1.59. The summed E-state index contributed by atoms with van der Waals surface area (Å²) in [7, 11) is 0. The number of hydrazine groups is 1. The molecular weight excluding hydrogens is 244 g/mol. The van der Waals surface area contributed by atoms with Crippen LogP contribution in [0.3, 0.4) is 0 Å². The number of carbonyl (C=O) groups excluding carboxylic acids is 1. The number of hydrogen-bond donors (Lipinski definition) is 2. The van der Waals surface area contributed by atoms with Crippen LogP contribution in [0.5, 0.6) is 0 Å². The third-order valence-electron chi connectivity index (χ3n) is 3.33. The highest BCUT2D eigenvalue weighted by Gasteiger charge is 2.19. The van der Waals surface area contributed by atoms with Crippen LogP contribution in [-0.4, -0.2) is 35.9 Å². The Morgan fingerprint density at radius 2 is 2.00 bits per heavy atom. The van der Waals surface area contributed by atoms with Crippen LogP contribution in [0.25, 0.3) is 0 Å². The van der Waals surface area contributed by atoms with E-state index in [2.05, 4.69) is 5.43 Å². The van der Waals surface area contributed by atoms with E-state index in [1.54, 1.807) is 0 Å². The lowest BCUT2D eigenvalue weighted by Gasteiger charge is -2.30. The molecule has 0 atom stereocenters. The molecule has 5 nitrogen and oxygen atoms in total. The fourth-order valence-corrected chi connectivity index (χ4v) is 2.11. The zero-order valence-electron chi connectivity index (χ0n) is 10.9. The standard InChI is InChI=1S/C14H20N2O3/c17-10-12-6-8-16(9-7-12)15-14(18)19-11-13-4-2-1-3-5-13/h1-5,12,17H,6-11H2,(H,15,18). The van der Waals surface area contributed by atoms with Crippen molar-refractivity contribution in [2.45, 2.75) is 19.4 Å². The van der Waals surface area contributed by atoms with E-state index in [1.807, 2.05) is 35.3 Å². The molecule has 1 aliphatic heterocycles. The maximum Gasteiger partial charge on any atom is 0.422 e. The summed E-state index contributed by atoms with van der Waals surface area (Å²) in [6.45, 7) is 2.02. The van der Waals surface area contributed by atoms with Crippen molar-refractivity contribution in [3.63, 3.8) is 0 Å². The van der Waals surface area contributed by atoms with Crippen molar-refractivity contribution in [3.05, 3.63) is 35.9 Å². The SMILES string of the molecule is O=C(NN1CCC(CO)CC1)OCc1ccccc1. The van der Waals surface area contributed by atoms with Gasteiger partial charge in [0.1, 0.15) is 6.61 Å². The van der Waals surface area contributed by atoms with E-state index in [0.29, 0.717) is 5.92 Å². The molecule has 1 aliphatic rings. The van der Waals surface area contributed by atoms with Gasteiger partial charge in [-0.1, -0.05) is 30.3 Å². The highest BCUT2D eigenvalue weighted by Crippen LogP contribution is 2.14. The van der Waals surface area contributed by atoms with Gasteiger partial charge in [0.05, 0.1) is 0 Å². The van der Waals surface area contributed by atoms with E-state index in [9.17, 15) is 4.79 Å². The number of nitrogens with zero attached hydrogens (tertiary/aromatic N) is 1. The lowest BCUT2D eigenvalue weighted by molar-refractivity contribution is 0.0700. The minimum atomic E-state index is -0.425. The predicted octanol–water partition coefficient (Wildman–Crippen LogP) is 1.53. The molecular formula is C14H20N2O3. The van der Waals surface area contributed by atoms with Crippen LogP contribution in [0.1, 0.15) is 18.4 Å². The summed E-state index contributed by atoms with van der Waals surface area (Å²) < 4.78 is 5.14. The topological polar surface area (TPSA) is 61.8 Å². The number of carbonyl (C=O) groups is 1. The molecule has 0 unspecified atom stereocenters. The number of amides is 1. The normalized spacial score (nSPS) is 17.1. The fraction of sp³-hybridized carbons (Fsp3) is 0.500. The number of aliphatic hydroxyl groups is 1. The van der Waals surface area contributed by atoms with Crippen LogP contribution in [0, 0.1) is 5.92 Å². The Balaban J connectivity index is 1.67. The van der Waals surface area contributed by atoms with Gasteiger partial charge in [-0.3, -0.25) is 5.43 Å². The van der Waals surface area contributed by atoms with E-state index in [1.165, 1.54) is 0 Å². The first-order valence-electron chi connectivity index (χ1n) is 6.61. The summed E-state index contributed by atoms with van der Waals surface area (Å²) in [5, 5.41) is 10.9. The summed E-state index contributed by atoms with van der Waals surface area (Å²) >= 11 is 0. The molecule has 2 rings (SSSR count). The van der Waals surface area contributed by atoms with Crippen LogP contribution in [0.2, 0.25) is 0 Å². The molecule has 104 valence electrons. The molecule has 1 fully saturated rings. The minimum absolute atomic E-state index is 0.228. The average molecular weight is 264 g/mol. The first-order chi connectivity index (χ1) is 9.28. The Labute approximate surface area is 113 Å². The molecule has 5 heteroatoms. The van der Waals surface area contributed by atoms with Crippen LogP contribution in [-0.2, 0) is 11.3 Å². The van der Waals surface area contributed by atoms with Crippen LogP contribution < -0.4 is 5.43 Å². The largest absolute Gasteiger partial charge is 0.444 e. The summed E-state index contributed by atoms with van der Waals surface area (Å²) in [6, 6.07) is 9.58. The molecule has 1 aromatic carbocycles. The van der Waals surface area contributed by atoms with Gasteiger partial charge in [0.15, 0.2) is 0 Å². The Morgan fingerprint density at radius 3 is 2.63 bits per heavy atom. The van der Waals surface area contributed by atoms with E-state index >= 15 is 0 Å². The smallest absolute Gasteiger partial charge is 0.422 e. The van der Waals surface area contributed by atoms with Crippen LogP contribution in [0.4, 0.5) is 4.79 Å². The quantitative estimate of drug-likeness (QED) is 0.866. The van der Waals surface area contributed by atoms with Crippen molar-refractivity contribution < 1.29 is 14.6 Å². The second kappa shape index (κ2) is 7.11. The second-order valence-electron chi connectivity index (χ2n) is 4.79. The molecule has 0 aromatic heterocycles. The zero-order chi connectivity index (χ0) is 13.5. The van der Waals surface area contributed by atoms with E-state index < -0.39 is 6.09 Å². The van der Waals surface area contributed by atoms with E-state index in [0.717, 1.165) is 31.5 Å². The zero-order valence-corrected chi connectivity index (χ0v) is 10.9. The van der Waals surface area contributed by atoms with Crippen molar-refractivity contribution in [2.24, 2.45) is 5.92 Å². The average Bonchev–Trinajstić information content (AvgIpc) is 2.47. The third-order valence-corrected chi connectivity index (χ3v) is 3.33. The summed E-state index contributed by atoms with van der Waals surface area (Å²) in [4.78, 5) is 11.6. The summed E-state index contributed by atoms with van der Waals surface area (Å²) in [6.07, 6.45) is 1.37. The fourth-order valence-electron chi connectivity index (χ4n) is 2.11. The predicted molar refractivity (Wildman–Crippen MR) is 71.1 cm³/mol. The summed E-state index contributed by atoms with van der Waals surface area (Å²) in [5.74, 6) is 0.360. The van der Waals surface area contributed by atoms with Crippen molar-refractivity contribution in [1.82, 2.24) is 10.4 Å². The van der Waals surface area contributed by atoms with Crippen molar-refractivity contribution in [2.75, 3.05) is 19.7 Å². The first kappa shape index (κ1) is 13.8. The lowest BCUT2D eigenvalue weighted by atomic mass is 9.99. The molecule has 2 N–H and O–H groups in total. The Bertz CT molecular complexity index is 389. The van der Waals surface area contributed by atoms with Gasteiger partial charge in [-0.05, 0) is 24.3 Å². The number of aliphatic hydroxyl groups excluding tert-OH is 1. The van der Waals surface area contributed by atoms with Crippen molar-refractivity contribution in [1.29, 1.82) is 0 Å². The maximum absolute atomic E-state index is 11.6. The molecule has 1 saturated heterocycles.